The quantitative estimate of drug-likeness (QED) is 0.463. The number of carbonyl (C=O) groups excluding carboxylic acids is 2. The molecule has 3 heterocycles. The Kier molecular flexibility index (Phi) is 5.44. The first-order valence-electron chi connectivity index (χ1n) is 7.49. The number of hydrogen-bond donors (Lipinski definition) is 1. The van der Waals surface area contributed by atoms with E-state index in [4.69, 9.17) is 37.4 Å². The highest BCUT2D eigenvalue weighted by Gasteiger charge is 2.41. The molecule has 1 saturated heterocycles. The molecule has 0 aromatic carbocycles. The number of imidazole rings is 1. The van der Waals surface area contributed by atoms with Crippen LogP contribution in [0.2, 0.25) is 10.4 Å². The lowest BCUT2D eigenvalue weighted by Crippen LogP contribution is -2.21. The van der Waals surface area contributed by atoms with E-state index >= 15 is 0 Å². The van der Waals surface area contributed by atoms with Gasteiger partial charge in [0.1, 0.15) is 24.1 Å². The second-order valence-corrected chi connectivity index (χ2v) is 6.13. The van der Waals surface area contributed by atoms with Gasteiger partial charge in [0.2, 0.25) is 5.28 Å². The van der Waals surface area contributed by atoms with Gasteiger partial charge in [-0.2, -0.15) is 4.98 Å². The fraction of sp³-hybridized carbons (Fsp3) is 0.500. The van der Waals surface area contributed by atoms with Crippen molar-refractivity contribution >= 4 is 46.5 Å². The van der Waals surface area contributed by atoms with Crippen LogP contribution in [-0.4, -0.2) is 58.0 Å². The predicted molar refractivity (Wildman–Crippen MR) is 87.8 cm³/mol. The van der Waals surface area contributed by atoms with Gasteiger partial charge in [0, 0.05) is 13.3 Å². The Morgan fingerprint density at radius 2 is 2.08 bits per heavy atom. The van der Waals surface area contributed by atoms with E-state index < -0.39 is 30.4 Å². The van der Waals surface area contributed by atoms with E-state index in [-0.39, 0.29) is 22.7 Å². The molecule has 1 aliphatic heterocycles. The largest absolute Gasteiger partial charge is 0.508 e. The van der Waals surface area contributed by atoms with Crippen molar-refractivity contribution in [3.63, 3.8) is 0 Å². The van der Waals surface area contributed by atoms with E-state index in [9.17, 15) is 9.59 Å². The SMILES string of the molecule is COC(=O)OC[C@@H]1C[C@@H](OC(C)=O)[C@H](c2nc3nc(Cl)nc(Cl)c3[nH]2)O1. The number of carbonyl (C=O) groups is 2. The Bertz CT molecular complexity index is 844. The molecule has 3 atom stereocenters. The van der Waals surface area contributed by atoms with E-state index in [1.807, 2.05) is 0 Å². The van der Waals surface area contributed by atoms with E-state index in [1.54, 1.807) is 0 Å². The molecule has 3 rings (SSSR count). The third-order valence-corrected chi connectivity index (χ3v) is 4.05. The van der Waals surface area contributed by atoms with E-state index in [0.717, 1.165) is 0 Å². The molecule has 0 saturated carbocycles. The number of esters is 1. The minimum Gasteiger partial charge on any atom is -0.459 e. The van der Waals surface area contributed by atoms with Crippen LogP contribution in [0.5, 0.6) is 0 Å². The van der Waals surface area contributed by atoms with Crippen molar-refractivity contribution in [1.29, 1.82) is 0 Å². The van der Waals surface area contributed by atoms with Crippen LogP contribution in [0, 0.1) is 0 Å². The van der Waals surface area contributed by atoms with E-state index in [2.05, 4.69) is 24.7 Å². The molecule has 0 bridgehead atoms. The highest BCUT2D eigenvalue weighted by atomic mass is 35.5. The lowest BCUT2D eigenvalue weighted by molar-refractivity contribution is -0.149. The number of rotatable bonds is 4. The molecule has 140 valence electrons. The van der Waals surface area contributed by atoms with Crippen molar-refractivity contribution in [2.24, 2.45) is 0 Å². The maximum Gasteiger partial charge on any atom is 0.508 e. The molecule has 1 aliphatic rings. The van der Waals surface area contributed by atoms with Crippen LogP contribution < -0.4 is 0 Å². The monoisotopic (exact) mass is 404 g/mol. The van der Waals surface area contributed by atoms with Crippen molar-refractivity contribution in [2.75, 3.05) is 13.7 Å². The molecule has 10 nitrogen and oxygen atoms in total. The zero-order chi connectivity index (χ0) is 18.8. The second-order valence-electron chi connectivity index (χ2n) is 5.43. The zero-order valence-electron chi connectivity index (χ0n) is 13.7. The Morgan fingerprint density at radius 3 is 2.77 bits per heavy atom. The third-order valence-electron chi connectivity index (χ3n) is 3.61. The van der Waals surface area contributed by atoms with Crippen molar-refractivity contribution in [3.05, 3.63) is 16.3 Å². The summed E-state index contributed by atoms with van der Waals surface area (Å²) in [5.41, 5.74) is 0.634. The summed E-state index contributed by atoms with van der Waals surface area (Å²) in [6.45, 7) is 1.23. The van der Waals surface area contributed by atoms with Crippen LogP contribution in [0.3, 0.4) is 0 Å². The van der Waals surface area contributed by atoms with Crippen LogP contribution in [0.1, 0.15) is 25.3 Å². The number of nitrogens with one attached hydrogen (secondary N) is 1. The lowest BCUT2D eigenvalue weighted by atomic mass is 10.1. The summed E-state index contributed by atoms with van der Waals surface area (Å²) in [5, 5.41) is 0.0557. The Hall–Kier alpha value is -2.17. The van der Waals surface area contributed by atoms with Crippen LogP contribution >= 0.6 is 23.2 Å². The van der Waals surface area contributed by atoms with Gasteiger partial charge >= 0.3 is 12.1 Å². The van der Waals surface area contributed by atoms with E-state index in [1.165, 1.54) is 14.0 Å². The topological polar surface area (TPSA) is 126 Å². The molecule has 1 fully saturated rings. The van der Waals surface area contributed by atoms with Crippen LogP contribution in [0.15, 0.2) is 0 Å². The summed E-state index contributed by atoms with van der Waals surface area (Å²) >= 11 is 11.8. The van der Waals surface area contributed by atoms with Gasteiger partial charge in [0.25, 0.3) is 0 Å². The summed E-state index contributed by atoms with van der Waals surface area (Å²) in [6.07, 6.45) is -2.41. The van der Waals surface area contributed by atoms with Gasteiger partial charge in [0.05, 0.1) is 13.2 Å². The van der Waals surface area contributed by atoms with Gasteiger partial charge in [0.15, 0.2) is 16.9 Å². The molecule has 2 aromatic heterocycles. The molecule has 0 amide bonds. The molecule has 0 spiro atoms. The summed E-state index contributed by atoms with van der Waals surface area (Å²) < 4.78 is 20.4. The Balaban J connectivity index is 1.84. The van der Waals surface area contributed by atoms with Crippen molar-refractivity contribution in [2.45, 2.75) is 31.7 Å². The van der Waals surface area contributed by atoms with Gasteiger partial charge in [-0.15, -0.1) is 0 Å². The number of ether oxygens (including phenoxy) is 4. The van der Waals surface area contributed by atoms with Crippen LogP contribution in [0.4, 0.5) is 4.79 Å². The molecule has 0 radical (unpaired) electrons. The molecule has 2 aromatic rings. The first-order chi connectivity index (χ1) is 12.4. The number of halogens is 2. The second kappa shape index (κ2) is 7.60. The average Bonchev–Trinajstić information content (AvgIpc) is 3.15. The normalized spacial score (nSPS) is 22.4. The van der Waals surface area contributed by atoms with Gasteiger partial charge in [-0.25, -0.2) is 14.8 Å². The Labute approximate surface area is 157 Å². The zero-order valence-corrected chi connectivity index (χ0v) is 15.2. The summed E-state index contributed by atoms with van der Waals surface area (Å²) in [4.78, 5) is 37.6. The van der Waals surface area contributed by atoms with Gasteiger partial charge in [-0.3, -0.25) is 4.79 Å². The number of aromatic amines is 1. The minimum atomic E-state index is -0.832. The lowest BCUT2D eigenvalue weighted by Gasteiger charge is -2.15. The third kappa shape index (κ3) is 3.97. The number of H-pyrrole nitrogens is 1. The summed E-state index contributed by atoms with van der Waals surface area (Å²) in [6, 6.07) is 0. The number of hydrogen-bond acceptors (Lipinski definition) is 9. The highest BCUT2D eigenvalue weighted by molar-refractivity contribution is 6.35. The first-order valence-corrected chi connectivity index (χ1v) is 8.25. The fourth-order valence-corrected chi connectivity index (χ4v) is 3.03. The predicted octanol–water partition coefficient (Wildman–Crippen LogP) is 2.20. The number of methoxy groups -OCH3 is 1. The number of aromatic nitrogens is 4. The van der Waals surface area contributed by atoms with Gasteiger partial charge < -0.3 is 23.9 Å². The first kappa shape index (κ1) is 18.6. The standard InChI is InChI=1S/C14H14Cl2N4O6/c1-5(21)25-7-3-6(4-24-14(22)23-2)26-9(7)12-17-8-10(15)18-13(16)20-11(8)19-12/h6-7,9H,3-4H2,1-2H3,(H,17,18,19,20)/t6-,7+,9+/m0/s1. The molecule has 26 heavy (non-hydrogen) atoms. The van der Waals surface area contributed by atoms with E-state index in [0.29, 0.717) is 17.8 Å². The molecule has 12 heteroatoms. The van der Waals surface area contributed by atoms with Crippen LogP contribution in [-0.2, 0) is 23.7 Å². The molecule has 0 unspecified atom stereocenters. The smallest absolute Gasteiger partial charge is 0.459 e. The van der Waals surface area contributed by atoms with Gasteiger partial charge in [-0.05, 0) is 11.6 Å². The maximum atomic E-state index is 11.4. The van der Waals surface area contributed by atoms with Crippen LogP contribution in [0.25, 0.3) is 11.2 Å². The molecule has 1 N–H and O–H groups in total. The fourth-order valence-electron chi connectivity index (χ4n) is 2.61. The number of nitrogens with zero attached hydrogens (tertiary/aromatic N) is 3. The van der Waals surface area contributed by atoms with Crippen molar-refractivity contribution in [1.82, 2.24) is 19.9 Å². The number of fused-ring (bicyclic) bond motifs is 1. The minimum absolute atomic E-state index is 0.0474. The molecular weight excluding hydrogens is 391 g/mol. The maximum absolute atomic E-state index is 11.4. The Morgan fingerprint density at radius 1 is 1.31 bits per heavy atom. The highest BCUT2D eigenvalue weighted by Crippen LogP contribution is 2.35. The van der Waals surface area contributed by atoms with Crippen molar-refractivity contribution < 1.29 is 28.5 Å². The summed E-state index contributed by atoms with van der Waals surface area (Å²) in [7, 11) is 1.20. The van der Waals surface area contributed by atoms with Crippen molar-refractivity contribution in [3.8, 4) is 0 Å². The molecular formula is C14H14Cl2N4O6. The van der Waals surface area contributed by atoms with Gasteiger partial charge in [-0.1, -0.05) is 11.6 Å². The average molecular weight is 405 g/mol. The summed E-state index contributed by atoms with van der Waals surface area (Å²) in [5.74, 6) is -0.139. The molecule has 0 aliphatic carbocycles.